The van der Waals surface area contributed by atoms with Crippen molar-refractivity contribution in [1.82, 2.24) is 4.31 Å². The molecule has 0 bridgehead atoms. The Labute approximate surface area is 156 Å². The highest BCUT2D eigenvalue weighted by Gasteiger charge is 2.46. The zero-order valence-electron chi connectivity index (χ0n) is 15.8. The van der Waals surface area contributed by atoms with Crippen molar-refractivity contribution in [3.05, 3.63) is 65.7 Å². The molecule has 1 fully saturated rings. The smallest absolute Gasteiger partial charge is 0.245 e. The molecule has 0 amide bonds. The molecule has 26 heavy (non-hydrogen) atoms. The van der Waals surface area contributed by atoms with Gasteiger partial charge in [0.2, 0.25) is 10.0 Å². The first-order valence-corrected chi connectivity index (χ1v) is 10.5. The fraction of sp³-hybridized carbons (Fsp3) is 0.429. The Balaban J connectivity index is 2.01. The average Bonchev–Trinajstić information content (AvgIpc) is 3.08. The van der Waals surface area contributed by atoms with Crippen LogP contribution in [0.25, 0.3) is 0 Å². The van der Waals surface area contributed by atoms with Crippen LogP contribution in [0.1, 0.15) is 37.8 Å². The van der Waals surface area contributed by atoms with E-state index < -0.39 is 16.3 Å². The molecule has 0 spiro atoms. The summed E-state index contributed by atoms with van der Waals surface area (Å²) in [5.74, 6) is 0.114. The van der Waals surface area contributed by atoms with Crippen molar-refractivity contribution in [3.8, 4) is 0 Å². The van der Waals surface area contributed by atoms with E-state index in [1.54, 1.807) is 16.4 Å². The number of rotatable bonds is 5. The molecule has 1 heterocycles. The highest BCUT2D eigenvalue weighted by atomic mass is 32.2. The highest BCUT2D eigenvalue weighted by molar-refractivity contribution is 7.89. The number of hydrogen-bond acceptors (Lipinski definition) is 3. The third-order valence-corrected chi connectivity index (χ3v) is 7.04. The van der Waals surface area contributed by atoms with E-state index in [0.29, 0.717) is 11.5 Å². The lowest BCUT2D eigenvalue weighted by Gasteiger charge is -2.32. The summed E-state index contributed by atoms with van der Waals surface area (Å²) < 4.78 is 34.5. The van der Waals surface area contributed by atoms with E-state index in [1.165, 1.54) is 0 Å². The predicted octanol–water partition coefficient (Wildman–Crippen LogP) is 4.17. The highest BCUT2D eigenvalue weighted by Crippen LogP contribution is 2.36. The fourth-order valence-electron chi connectivity index (χ4n) is 3.45. The van der Waals surface area contributed by atoms with Gasteiger partial charge in [0.05, 0.1) is 17.5 Å². The molecule has 3 atom stereocenters. The molecule has 3 rings (SSSR count). The second-order valence-corrected chi connectivity index (χ2v) is 9.23. The first kappa shape index (κ1) is 19.1. The lowest BCUT2D eigenvalue weighted by atomic mass is 9.99. The fourth-order valence-corrected chi connectivity index (χ4v) is 5.35. The van der Waals surface area contributed by atoms with Gasteiger partial charge in [-0.1, -0.05) is 68.8 Å². The maximum absolute atomic E-state index is 13.5. The third-order valence-electron chi connectivity index (χ3n) is 5.13. The van der Waals surface area contributed by atoms with Gasteiger partial charge in [0, 0.05) is 5.92 Å². The molecule has 0 unspecified atom stereocenters. The van der Waals surface area contributed by atoms with Crippen LogP contribution in [0.4, 0.5) is 0 Å². The third kappa shape index (κ3) is 3.56. The van der Waals surface area contributed by atoms with Gasteiger partial charge in [-0.05, 0) is 30.5 Å². The molecular weight excluding hydrogens is 346 g/mol. The van der Waals surface area contributed by atoms with Crippen LogP contribution in [0.2, 0.25) is 0 Å². The van der Waals surface area contributed by atoms with Crippen LogP contribution < -0.4 is 0 Å². The van der Waals surface area contributed by atoms with Crippen LogP contribution in [0.3, 0.4) is 0 Å². The molecule has 0 aliphatic carbocycles. The molecule has 4 nitrogen and oxygen atoms in total. The summed E-state index contributed by atoms with van der Waals surface area (Å²) in [4.78, 5) is 0.324. The molecule has 1 aliphatic rings. The van der Waals surface area contributed by atoms with Crippen LogP contribution in [0, 0.1) is 12.8 Å². The minimum Gasteiger partial charge on any atom is -0.360 e. The van der Waals surface area contributed by atoms with Crippen molar-refractivity contribution in [3.63, 3.8) is 0 Å². The molecule has 1 aliphatic heterocycles. The van der Waals surface area contributed by atoms with Gasteiger partial charge in [0.25, 0.3) is 0 Å². The van der Waals surface area contributed by atoms with Crippen LogP contribution in [0.15, 0.2) is 59.5 Å². The standard InChI is InChI=1S/C21H27NO3S/c1-15(2)20-14-25-21(17(4)18-8-6-5-7-9-18)22(20)26(23,24)19-12-10-16(3)11-13-19/h5-13,15,17,20-21H,14H2,1-4H3/t17-,20+,21-/m0/s1. The van der Waals surface area contributed by atoms with E-state index in [1.807, 2.05) is 70.2 Å². The van der Waals surface area contributed by atoms with Crippen molar-refractivity contribution in [2.75, 3.05) is 6.61 Å². The Morgan fingerprint density at radius 1 is 1.00 bits per heavy atom. The van der Waals surface area contributed by atoms with Gasteiger partial charge in [-0.3, -0.25) is 0 Å². The van der Waals surface area contributed by atoms with Crippen LogP contribution in [0.5, 0.6) is 0 Å². The van der Waals surface area contributed by atoms with Gasteiger partial charge in [0.15, 0.2) is 0 Å². The van der Waals surface area contributed by atoms with E-state index >= 15 is 0 Å². The summed E-state index contributed by atoms with van der Waals surface area (Å²) in [5.41, 5.74) is 2.11. The van der Waals surface area contributed by atoms with Crippen LogP contribution in [-0.4, -0.2) is 31.6 Å². The van der Waals surface area contributed by atoms with Gasteiger partial charge in [-0.25, -0.2) is 8.42 Å². The summed E-state index contributed by atoms with van der Waals surface area (Å²) >= 11 is 0. The van der Waals surface area contributed by atoms with Crippen molar-refractivity contribution in [1.29, 1.82) is 0 Å². The largest absolute Gasteiger partial charge is 0.360 e. The van der Waals surface area contributed by atoms with Crippen LogP contribution in [-0.2, 0) is 14.8 Å². The maximum Gasteiger partial charge on any atom is 0.245 e. The van der Waals surface area contributed by atoms with Gasteiger partial charge in [0.1, 0.15) is 6.23 Å². The van der Waals surface area contributed by atoms with Crippen molar-refractivity contribution in [2.45, 2.75) is 50.8 Å². The second-order valence-electron chi connectivity index (χ2n) is 7.38. The number of hydrogen-bond donors (Lipinski definition) is 0. The predicted molar refractivity (Wildman–Crippen MR) is 103 cm³/mol. The monoisotopic (exact) mass is 373 g/mol. The maximum atomic E-state index is 13.5. The Morgan fingerprint density at radius 3 is 2.19 bits per heavy atom. The van der Waals surface area contributed by atoms with E-state index in [9.17, 15) is 8.42 Å². The SMILES string of the molecule is Cc1ccc(S(=O)(=O)N2[C@@H](C(C)C)CO[C@H]2[C@@H](C)c2ccccc2)cc1. The zero-order chi connectivity index (χ0) is 18.9. The molecule has 0 N–H and O–H groups in total. The van der Waals surface area contributed by atoms with E-state index in [4.69, 9.17) is 4.74 Å². The first-order valence-electron chi connectivity index (χ1n) is 9.09. The minimum atomic E-state index is -3.64. The van der Waals surface area contributed by atoms with Gasteiger partial charge >= 0.3 is 0 Å². The summed E-state index contributed by atoms with van der Waals surface area (Å²) in [6, 6.07) is 16.8. The molecule has 2 aromatic rings. The molecule has 140 valence electrons. The summed E-state index contributed by atoms with van der Waals surface area (Å²) in [6.45, 7) is 8.49. The molecule has 0 saturated carbocycles. The number of sulfonamides is 1. The van der Waals surface area contributed by atoms with Gasteiger partial charge in [-0.15, -0.1) is 0 Å². The van der Waals surface area contributed by atoms with E-state index in [-0.39, 0.29) is 17.9 Å². The number of nitrogens with zero attached hydrogens (tertiary/aromatic N) is 1. The Bertz CT molecular complexity index is 831. The Hall–Kier alpha value is -1.69. The molecular formula is C21H27NO3S. The minimum absolute atomic E-state index is 0.0554. The molecule has 1 saturated heterocycles. The van der Waals surface area contributed by atoms with Crippen molar-refractivity contribution < 1.29 is 13.2 Å². The van der Waals surface area contributed by atoms with Gasteiger partial charge < -0.3 is 4.74 Å². The summed E-state index contributed by atoms with van der Waals surface area (Å²) in [7, 11) is -3.64. The summed E-state index contributed by atoms with van der Waals surface area (Å²) in [6.07, 6.45) is -0.504. The molecule has 5 heteroatoms. The Morgan fingerprint density at radius 2 is 1.62 bits per heavy atom. The first-order chi connectivity index (χ1) is 12.3. The van der Waals surface area contributed by atoms with E-state index in [0.717, 1.165) is 11.1 Å². The summed E-state index contributed by atoms with van der Waals surface area (Å²) in [5, 5.41) is 0. The zero-order valence-corrected chi connectivity index (χ0v) is 16.6. The second kappa shape index (κ2) is 7.51. The lowest BCUT2D eigenvalue weighted by molar-refractivity contribution is 0.0492. The van der Waals surface area contributed by atoms with Gasteiger partial charge in [-0.2, -0.15) is 4.31 Å². The number of aryl methyl sites for hydroxylation is 1. The van der Waals surface area contributed by atoms with Crippen molar-refractivity contribution in [2.24, 2.45) is 5.92 Å². The molecule has 0 aromatic heterocycles. The molecule has 2 aromatic carbocycles. The normalized spacial score (nSPS) is 22.7. The van der Waals surface area contributed by atoms with Crippen LogP contribution >= 0.6 is 0 Å². The number of benzene rings is 2. The Kier molecular flexibility index (Phi) is 5.51. The molecule has 0 radical (unpaired) electrons. The topological polar surface area (TPSA) is 46.6 Å². The quantitative estimate of drug-likeness (QED) is 0.790. The lowest BCUT2D eigenvalue weighted by Crippen LogP contribution is -2.46. The number of ether oxygens (including phenoxy) is 1. The average molecular weight is 374 g/mol. The van der Waals surface area contributed by atoms with Crippen molar-refractivity contribution >= 4 is 10.0 Å². The van der Waals surface area contributed by atoms with E-state index in [2.05, 4.69) is 0 Å².